The van der Waals surface area contributed by atoms with Gasteiger partial charge in [-0.25, -0.2) is 0 Å². The number of hydrogen-bond donors (Lipinski definition) is 1. The highest BCUT2D eigenvalue weighted by molar-refractivity contribution is 7.16. The molecule has 2 aromatic heterocycles. The fourth-order valence-electron chi connectivity index (χ4n) is 1.94. The summed E-state index contributed by atoms with van der Waals surface area (Å²) in [7, 11) is 2.01. The van der Waals surface area contributed by atoms with Gasteiger partial charge in [-0.15, -0.1) is 21.5 Å². The second-order valence-corrected chi connectivity index (χ2v) is 6.68. The van der Waals surface area contributed by atoms with Crippen LogP contribution in [0.2, 0.25) is 4.34 Å². The summed E-state index contributed by atoms with van der Waals surface area (Å²) in [5.41, 5.74) is 0. The van der Waals surface area contributed by atoms with Gasteiger partial charge in [-0.3, -0.25) is 0 Å². The molecule has 0 saturated carbocycles. The predicted molar refractivity (Wildman–Crippen MR) is 79.7 cm³/mol. The van der Waals surface area contributed by atoms with Gasteiger partial charge >= 0.3 is 0 Å². The summed E-state index contributed by atoms with van der Waals surface area (Å²) in [6.45, 7) is 7.07. The maximum atomic E-state index is 5.95. The first-order valence-corrected chi connectivity index (χ1v) is 7.55. The first-order valence-electron chi connectivity index (χ1n) is 6.35. The number of nitrogens with zero attached hydrogens (tertiary/aromatic N) is 3. The SMILES string of the molecule is CC(C)c1nnc(CN[C@@H](C)c2ccc(Cl)s2)n1C. The van der Waals surface area contributed by atoms with Crippen LogP contribution in [0, 0.1) is 0 Å². The molecule has 0 bridgehead atoms. The van der Waals surface area contributed by atoms with Crippen molar-refractivity contribution in [1.82, 2.24) is 20.1 Å². The van der Waals surface area contributed by atoms with Crippen LogP contribution in [0.5, 0.6) is 0 Å². The second kappa shape index (κ2) is 6.03. The van der Waals surface area contributed by atoms with E-state index in [9.17, 15) is 0 Å². The maximum absolute atomic E-state index is 5.95. The Balaban J connectivity index is 1.99. The summed E-state index contributed by atoms with van der Waals surface area (Å²) >= 11 is 7.55. The van der Waals surface area contributed by atoms with E-state index in [0.717, 1.165) is 16.0 Å². The number of hydrogen-bond acceptors (Lipinski definition) is 4. The molecule has 1 N–H and O–H groups in total. The molecule has 2 rings (SSSR count). The number of halogens is 1. The maximum Gasteiger partial charge on any atom is 0.146 e. The quantitative estimate of drug-likeness (QED) is 0.918. The van der Waals surface area contributed by atoms with Crippen LogP contribution in [0.4, 0.5) is 0 Å². The summed E-state index contributed by atoms with van der Waals surface area (Å²) in [6.07, 6.45) is 0. The van der Waals surface area contributed by atoms with Crippen molar-refractivity contribution >= 4 is 22.9 Å². The molecule has 2 heterocycles. The fourth-order valence-corrected chi connectivity index (χ4v) is 3.03. The molecule has 0 aliphatic rings. The van der Waals surface area contributed by atoms with Crippen molar-refractivity contribution < 1.29 is 0 Å². The van der Waals surface area contributed by atoms with Gasteiger partial charge in [0, 0.05) is 23.9 Å². The van der Waals surface area contributed by atoms with Crippen LogP contribution in [-0.4, -0.2) is 14.8 Å². The molecule has 2 aromatic rings. The summed E-state index contributed by atoms with van der Waals surface area (Å²) < 4.78 is 2.88. The number of nitrogens with one attached hydrogen (secondary N) is 1. The first-order chi connectivity index (χ1) is 8.99. The van der Waals surface area contributed by atoms with E-state index in [1.807, 2.05) is 13.1 Å². The van der Waals surface area contributed by atoms with E-state index in [1.165, 1.54) is 4.88 Å². The van der Waals surface area contributed by atoms with Crippen molar-refractivity contribution in [3.05, 3.63) is 33.0 Å². The van der Waals surface area contributed by atoms with Crippen LogP contribution in [0.15, 0.2) is 12.1 Å². The van der Waals surface area contributed by atoms with Crippen molar-refractivity contribution in [3.8, 4) is 0 Å². The van der Waals surface area contributed by atoms with Gasteiger partial charge in [-0.2, -0.15) is 0 Å². The van der Waals surface area contributed by atoms with Crippen molar-refractivity contribution in [3.63, 3.8) is 0 Å². The van der Waals surface area contributed by atoms with Crippen LogP contribution < -0.4 is 5.32 Å². The Bertz CT molecular complexity index is 547. The Hall–Kier alpha value is -0.910. The zero-order chi connectivity index (χ0) is 14.0. The van der Waals surface area contributed by atoms with Crippen LogP contribution in [0.25, 0.3) is 0 Å². The Morgan fingerprint density at radius 1 is 1.32 bits per heavy atom. The molecule has 104 valence electrons. The standard InChI is InChI=1S/C13H19ClN4S/c1-8(2)13-17-16-12(18(13)4)7-15-9(3)10-5-6-11(14)19-10/h5-6,8-9,15H,7H2,1-4H3/t9-/m0/s1. The number of aromatic nitrogens is 3. The largest absolute Gasteiger partial charge is 0.317 e. The zero-order valence-electron chi connectivity index (χ0n) is 11.6. The van der Waals surface area contributed by atoms with E-state index < -0.39 is 0 Å². The third kappa shape index (κ3) is 3.35. The van der Waals surface area contributed by atoms with E-state index in [-0.39, 0.29) is 6.04 Å². The van der Waals surface area contributed by atoms with Gasteiger partial charge in [0.05, 0.1) is 10.9 Å². The van der Waals surface area contributed by atoms with E-state index >= 15 is 0 Å². The highest BCUT2D eigenvalue weighted by atomic mass is 35.5. The van der Waals surface area contributed by atoms with E-state index in [0.29, 0.717) is 12.5 Å². The first kappa shape index (κ1) is 14.5. The smallest absolute Gasteiger partial charge is 0.146 e. The molecule has 0 aromatic carbocycles. The molecule has 6 heteroatoms. The lowest BCUT2D eigenvalue weighted by Gasteiger charge is -2.12. The van der Waals surface area contributed by atoms with Crippen molar-refractivity contribution in [2.75, 3.05) is 0 Å². The van der Waals surface area contributed by atoms with Gasteiger partial charge in [0.2, 0.25) is 0 Å². The topological polar surface area (TPSA) is 42.7 Å². The molecule has 0 unspecified atom stereocenters. The lowest BCUT2D eigenvalue weighted by molar-refractivity contribution is 0.551. The van der Waals surface area contributed by atoms with Crippen LogP contribution in [0.1, 0.15) is 49.3 Å². The summed E-state index contributed by atoms with van der Waals surface area (Å²) in [6, 6.07) is 4.25. The van der Waals surface area contributed by atoms with Crippen molar-refractivity contribution in [2.24, 2.45) is 7.05 Å². The molecule has 0 fully saturated rings. The lowest BCUT2D eigenvalue weighted by Crippen LogP contribution is -2.19. The number of rotatable bonds is 5. The predicted octanol–water partition coefficient (Wildman–Crippen LogP) is 3.50. The van der Waals surface area contributed by atoms with E-state index in [4.69, 9.17) is 11.6 Å². The van der Waals surface area contributed by atoms with Crippen LogP contribution >= 0.6 is 22.9 Å². The monoisotopic (exact) mass is 298 g/mol. The summed E-state index contributed by atoms with van der Waals surface area (Å²) in [5.74, 6) is 2.36. The molecule has 0 aliphatic heterocycles. The highest BCUT2D eigenvalue weighted by Gasteiger charge is 2.13. The molecular formula is C13H19ClN4S. The molecule has 4 nitrogen and oxygen atoms in total. The van der Waals surface area contributed by atoms with Crippen LogP contribution in [0.3, 0.4) is 0 Å². The Labute approximate surface area is 122 Å². The van der Waals surface area contributed by atoms with Gasteiger partial charge in [0.15, 0.2) is 0 Å². The van der Waals surface area contributed by atoms with Gasteiger partial charge in [-0.1, -0.05) is 25.4 Å². The van der Waals surface area contributed by atoms with E-state index in [1.54, 1.807) is 11.3 Å². The Morgan fingerprint density at radius 3 is 2.58 bits per heavy atom. The van der Waals surface area contributed by atoms with Gasteiger partial charge in [0.1, 0.15) is 11.6 Å². The average molecular weight is 299 g/mol. The summed E-state index contributed by atoms with van der Waals surface area (Å²) in [5, 5.41) is 11.9. The Kier molecular flexibility index (Phi) is 4.60. The van der Waals surface area contributed by atoms with Crippen molar-refractivity contribution in [2.45, 2.75) is 39.3 Å². The van der Waals surface area contributed by atoms with Crippen LogP contribution in [-0.2, 0) is 13.6 Å². The molecule has 0 spiro atoms. The second-order valence-electron chi connectivity index (χ2n) is 4.93. The third-order valence-electron chi connectivity index (χ3n) is 3.10. The average Bonchev–Trinajstić information content (AvgIpc) is 2.93. The minimum Gasteiger partial charge on any atom is -0.317 e. The molecular weight excluding hydrogens is 280 g/mol. The molecule has 1 atom stereocenters. The molecule has 0 saturated heterocycles. The minimum absolute atomic E-state index is 0.261. The number of thiophene rings is 1. The third-order valence-corrected chi connectivity index (χ3v) is 4.52. The van der Waals surface area contributed by atoms with E-state index in [2.05, 4.69) is 46.9 Å². The van der Waals surface area contributed by atoms with Gasteiger partial charge in [0.25, 0.3) is 0 Å². The van der Waals surface area contributed by atoms with Gasteiger partial charge < -0.3 is 9.88 Å². The minimum atomic E-state index is 0.261. The highest BCUT2D eigenvalue weighted by Crippen LogP contribution is 2.26. The normalized spacial score (nSPS) is 13.2. The Morgan fingerprint density at radius 2 is 2.05 bits per heavy atom. The van der Waals surface area contributed by atoms with Gasteiger partial charge in [-0.05, 0) is 19.1 Å². The zero-order valence-corrected chi connectivity index (χ0v) is 13.2. The lowest BCUT2D eigenvalue weighted by atomic mass is 10.2. The molecule has 0 aliphatic carbocycles. The summed E-state index contributed by atoms with van der Waals surface area (Å²) in [4.78, 5) is 1.23. The molecule has 19 heavy (non-hydrogen) atoms. The molecule has 0 radical (unpaired) electrons. The van der Waals surface area contributed by atoms with Crippen molar-refractivity contribution in [1.29, 1.82) is 0 Å². The fraction of sp³-hybridized carbons (Fsp3) is 0.538. The molecule has 0 amide bonds.